The highest BCUT2D eigenvalue weighted by Gasteiger charge is 2.11. The number of benzene rings is 1. The molecule has 0 saturated heterocycles. The Kier molecular flexibility index (Phi) is 3.94. The van der Waals surface area contributed by atoms with Crippen LogP contribution >= 0.6 is 0 Å². The van der Waals surface area contributed by atoms with E-state index in [1.165, 1.54) is 0 Å². The van der Waals surface area contributed by atoms with E-state index in [0.717, 1.165) is 16.5 Å². The molecule has 2 N–H and O–H groups in total. The van der Waals surface area contributed by atoms with Gasteiger partial charge in [-0.25, -0.2) is 0 Å². The third-order valence-corrected chi connectivity index (χ3v) is 3.16. The molecular weight excluding hydrogens is 242 g/mol. The van der Waals surface area contributed by atoms with Gasteiger partial charge in [-0.05, 0) is 13.3 Å². The summed E-state index contributed by atoms with van der Waals surface area (Å²) in [6, 6.07) is 7.91. The topological polar surface area (TPSA) is 75.1 Å². The lowest BCUT2D eigenvalue weighted by Crippen LogP contribution is -2.15. The highest BCUT2D eigenvalue weighted by molar-refractivity contribution is 5.92. The molecule has 0 spiro atoms. The summed E-state index contributed by atoms with van der Waals surface area (Å²) in [5.41, 5.74) is 0.889. The predicted molar refractivity (Wildman–Crippen MR) is 74.2 cm³/mol. The van der Waals surface area contributed by atoms with Crippen LogP contribution in [0.5, 0.6) is 0 Å². The first-order chi connectivity index (χ1) is 9.09. The fraction of sp³-hybridized carbons (Fsp3) is 0.357. The standard InChI is InChI=1S/C14H17N3O2/c1-9(14(18)19)7-8-15-13-12-6-4-3-5-11(12)10(2)16-17-13/h3-6,9H,7-8H2,1-2H3,(H,15,17)(H,18,19). The number of carboxylic acid groups (broad SMARTS) is 1. The third-order valence-electron chi connectivity index (χ3n) is 3.16. The van der Waals surface area contributed by atoms with Gasteiger partial charge >= 0.3 is 5.97 Å². The molecule has 0 fully saturated rings. The van der Waals surface area contributed by atoms with Crippen LogP contribution in [0.15, 0.2) is 24.3 Å². The fourth-order valence-corrected chi connectivity index (χ4v) is 1.90. The number of fused-ring (bicyclic) bond motifs is 1. The van der Waals surface area contributed by atoms with Crippen molar-refractivity contribution in [1.29, 1.82) is 0 Å². The van der Waals surface area contributed by atoms with Crippen LogP contribution in [-0.4, -0.2) is 27.8 Å². The first-order valence-electron chi connectivity index (χ1n) is 6.28. The van der Waals surface area contributed by atoms with Crippen LogP contribution < -0.4 is 5.32 Å². The van der Waals surface area contributed by atoms with Crippen LogP contribution in [0.2, 0.25) is 0 Å². The van der Waals surface area contributed by atoms with Gasteiger partial charge in [-0.1, -0.05) is 31.2 Å². The maximum Gasteiger partial charge on any atom is 0.306 e. The van der Waals surface area contributed by atoms with Crippen LogP contribution in [0.4, 0.5) is 5.82 Å². The lowest BCUT2D eigenvalue weighted by atomic mass is 10.1. The molecule has 0 aliphatic heterocycles. The number of carbonyl (C=O) groups is 1. The molecule has 1 aromatic heterocycles. The van der Waals surface area contributed by atoms with Crippen LogP contribution in [0.3, 0.4) is 0 Å². The van der Waals surface area contributed by atoms with Crippen LogP contribution in [0.1, 0.15) is 19.0 Å². The maximum atomic E-state index is 10.7. The third kappa shape index (κ3) is 2.99. The predicted octanol–water partition coefficient (Wildman–Crippen LogP) is 2.46. The highest BCUT2D eigenvalue weighted by Crippen LogP contribution is 2.22. The van der Waals surface area contributed by atoms with Gasteiger partial charge in [0.25, 0.3) is 0 Å². The Morgan fingerprint density at radius 1 is 1.32 bits per heavy atom. The summed E-state index contributed by atoms with van der Waals surface area (Å²) in [6.45, 7) is 4.18. The Morgan fingerprint density at radius 2 is 2.00 bits per heavy atom. The molecule has 5 heteroatoms. The van der Waals surface area contributed by atoms with E-state index in [1.54, 1.807) is 6.92 Å². The molecule has 0 saturated carbocycles. The van der Waals surface area contributed by atoms with Gasteiger partial charge in [0.2, 0.25) is 0 Å². The van der Waals surface area contributed by atoms with Gasteiger partial charge in [-0.15, -0.1) is 5.10 Å². The largest absolute Gasteiger partial charge is 0.481 e. The van der Waals surface area contributed by atoms with Crippen LogP contribution in [0, 0.1) is 12.8 Å². The zero-order valence-electron chi connectivity index (χ0n) is 11.1. The van der Waals surface area contributed by atoms with E-state index in [4.69, 9.17) is 5.11 Å². The van der Waals surface area contributed by atoms with E-state index < -0.39 is 5.97 Å². The van der Waals surface area contributed by atoms with Crippen molar-refractivity contribution in [3.63, 3.8) is 0 Å². The molecule has 0 aliphatic rings. The van der Waals surface area contributed by atoms with Crippen molar-refractivity contribution >= 4 is 22.6 Å². The molecule has 2 rings (SSSR count). The average molecular weight is 259 g/mol. The van der Waals surface area contributed by atoms with E-state index in [2.05, 4.69) is 15.5 Å². The van der Waals surface area contributed by atoms with Crippen LogP contribution in [-0.2, 0) is 4.79 Å². The summed E-state index contributed by atoms with van der Waals surface area (Å²) in [5.74, 6) is -0.433. The second kappa shape index (κ2) is 5.65. The molecule has 19 heavy (non-hydrogen) atoms. The zero-order chi connectivity index (χ0) is 13.8. The Labute approximate surface area is 111 Å². The van der Waals surface area contributed by atoms with Gasteiger partial charge in [-0.2, -0.15) is 5.10 Å². The number of carboxylic acids is 1. The smallest absolute Gasteiger partial charge is 0.306 e. The molecule has 1 aromatic carbocycles. The van der Waals surface area contributed by atoms with E-state index in [-0.39, 0.29) is 5.92 Å². The van der Waals surface area contributed by atoms with Gasteiger partial charge in [0.15, 0.2) is 5.82 Å². The lowest BCUT2D eigenvalue weighted by molar-refractivity contribution is -0.141. The minimum Gasteiger partial charge on any atom is -0.481 e. The Bertz CT molecular complexity index is 598. The van der Waals surface area contributed by atoms with Crippen molar-refractivity contribution in [3.05, 3.63) is 30.0 Å². The first-order valence-corrected chi connectivity index (χ1v) is 6.28. The number of hydrogen-bond donors (Lipinski definition) is 2. The number of aromatic nitrogens is 2. The molecule has 1 atom stereocenters. The number of aliphatic carboxylic acids is 1. The second-order valence-corrected chi connectivity index (χ2v) is 4.63. The normalized spacial score (nSPS) is 12.3. The molecule has 2 aromatic rings. The Balaban J connectivity index is 2.13. The molecule has 0 aliphatic carbocycles. The summed E-state index contributed by atoms with van der Waals surface area (Å²) in [4.78, 5) is 10.7. The van der Waals surface area contributed by atoms with E-state index >= 15 is 0 Å². The molecule has 100 valence electrons. The molecule has 0 radical (unpaired) electrons. The number of anilines is 1. The van der Waals surface area contributed by atoms with Crippen molar-refractivity contribution in [1.82, 2.24) is 10.2 Å². The minimum absolute atomic E-state index is 0.364. The van der Waals surface area contributed by atoms with Crippen LogP contribution in [0.25, 0.3) is 10.8 Å². The van der Waals surface area contributed by atoms with Gasteiger partial charge in [0.05, 0.1) is 11.6 Å². The van der Waals surface area contributed by atoms with E-state index in [0.29, 0.717) is 18.8 Å². The summed E-state index contributed by atoms with van der Waals surface area (Å²) < 4.78 is 0. The molecular formula is C14H17N3O2. The van der Waals surface area contributed by atoms with Crippen molar-refractivity contribution in [3.8, 4) is 0 Å². The Morgan fingerprint density at radius 3 is 2.68 bits per heavy atom. The van der Waals surface area contributed by atoms with Crippen molar-refractivity contribution in [2.45, 2.75) is 20.3 Å². The second-order valence-electron chi connectivity index (χ2n) is 4.63. The van der Waals surface area contributed by atoms with Crippen molar-refractivity contribution in [2.75, 3.05) is 11.9 Å². The summed E-state index contributed by atoms with van der Waals surface area (Å²) in [7, 11) is 0. The quantitative estimate of drug-likeness (QED) is 0.862. The lowest BCUT2D eigenvalue weighted by Gasteiger charge is -2.10. The van der Waals surface area contributed by atoms with Gasteiger partial charge in [0.1, 0.15) is 0 Å². The van der Waals surface area contributed by atoms with E-state index in [9.17, 15) is 4.79 Å². The minimum atomic E-state index is -0.776. The number of nitrogens with zero attached hydrogens (tertiary/aromatic N) is 2. The highest BCUT2D eigenvalue weighted by atomic mass is 16.4. The average Bonchev–Trinajstić information content (AvgIpc) is 2.41. The molecule has 1 unspecified atom stereocenters. The number of rotatable bonds is 5. The summed E-state index contributed by atoms with van der Waals surface area (Å²) >= 11 is 0. The van der Waals surface area contributed by atoms with Gasteiger partial charge < -0.3 is 10.4 Å². The molecule has 5 nitrogen and oxygen atoms in total. The zero-order valence-corrected chi connectivity index (χ0v) is 11.1. The van der Waals surface area contributed by atoms with Crippen molar-refractivity contribution in [2.24, 2.45) is 5.92 Å². The summed E-state index contributed by atoms with van der Waals surface area (Å²) in [5, 5.41) is 22.3. The molecule has 0 bridgehead atoms. The maximum absolute atomic E-state index is 10.7. The fourth-order valence-electron chi connectivity index (χ4n) is 1.90. The number of nitrogens with one attached hydrogen (secondary N) is 1. The molecule has 1 heterocycles. The summed E-state index contributed by atoms with van der Waals surface area (Å²) in [6.07, 6.45) is 0.555. The van der Waals surface area contributed by atoms with Gasteiger partial charge in [0, 0.05) is 17.3 Å². The monoisotopic (exact) mass is 259 g/mol. The SMILES string of the molecule is Cc1nnc(NCCC(C)C(=O)O)c2ccccc12. The number of aryl methyl sites for hydroxylation is 1. The van der Waals surface area contributed by atoms with E-state index in [1.807, 2.05) is 31.2 Å². The molecule has 0 amide bonds. The van der Waals surface area contributed by atoms with Crippen molar-refractivity contribution < 1.29 is 9.90 Å². The first kappa shape index (κ1) is 13.3. The van der Waals surface area contributed by atoms with Gasteiger partial charge in [-0.3, -0.25) is 4.79 Å². The number of hydrogen-bond acceptors (Lipinski definition) is 4. The Hall–Kier alpha value is -2.17.